The van der Waals surface area contributed by atoms with Crippen molar-refractivity contribution in [2.75, 3.05) is 11.1 Å². The van der Waals surface area contributed by atoms with E-state index in [9.17, 15) is 14.4 Å². The van der Waals surface area contributed by atoms with Gasteiger partial charge in [0.15, 0.2) is 10.8 Å². The summed E-state index contributed by atoms with van der Waals surface area (Å²) < 4.78 is 11.4. The van der Waals surface area contributed by atoms with Gasteiger partial charge in [-0.1, -0.05) is 187 Å². The Bertz CT molecular complexity index is 2960. The number of β-lactam (4-membered cyclic amide) rings is 1. The molecule has 0 saturated carbocycles. The van der Waals surface area contributed by atoms with Crippen LogP contribution in [0.1, 0.15) is 72.7 Å². The zero-order chi connectivity index (χ0) is 49.9. The van der Waals surface area contributed by atoms with Gasteiger partial charge in [-0.2, -0.15) is 0 Å². The number of anilines is 1. The highest BCUT2D eigenvalue weighted by Gasteiger charge is 2.56. The molecular weight excluding hydrogens is 943 g/mol. The lowest BCUT2D eigenvalue weighted by atomic mass is 9.77. The summed E-state index contributed by atoms with van der Waals surface area (Å²) in [4.78, 5) is 69.4. The Morgan fingerprint density at radius 3 is 1.61 bits per heavy atom. The first-order chi connectivity index (χ1) is 35.0. The van der Waals surface area contributed by atoms with E-state index in [1.807, 2.05) is 146 Å². The molecule has 3 aliphatic heterocycles. The van der Waals surface area contributed by atoms with Gasteiger partial charge in [0.2, 0.25) is 5.60 Å². The number of thioether (sulfide) groups is 1. The van der Waals surface area contributed by atoms with Gasteiger partial charge in [0.1, 0.15) is 40.1 Å². The highest BCUT2D eigenvalue weighted by molar-refractivity contribution is 8.00. The number of oxime groups is 1. The monoisotopic (exact) mass is 993 g/mol. The first-order valence-corrected chi connectivity index (χ1v) is 25.6. The number of thiazole rings is 1. The van der Waals surface area contributed by atoms with Crippen LogP contribution in [0, 0.1) is 0 Å². The molecule has 0 aliphatic carbocycles. The van der Waals surface area contributed by atoms with Gasteiger partial charge in [0.05, 0.1) is 0 Å². The summed E-state index contributed by atoms with van der Waals surface area (Å²) in [5.41, 5.74) is 2.47. The molecule has 72 heavy (non-hydrogen) atoms. The second-order valence-electron chi connectivity index (χ2n) is 18.6. The van der Waals surface area contributed by atoms with E-state index < -0.39 is 52.0 Å². The van der Waals surface area contributed by atoms with Crippen LogP contribution in [0.25, 0.3) is 0 Å². The normalized spacial score (nSPS) is 18.1. The minimum atomic E-state index is -1.37. The molecule has 0 radical (unpaired) electrons. The Morgan fingerprint density at radius 2 is 1.17 bits per heavy atom. The van der Waals surface area contributed by atoms with Crippen molar-refractivity contribution < 1.29 is 33.5 Å². The van der Waals surface area contributed by atoms with Crippen LogP contribution in [-0.2, 0) is 44.6 Å². The average Bonchev–Trinajstić information content (AvgIpc) is 4.07. The fourth-order valence-electron chi connectivity index (χ4n) is 9.56. The molecule has 3 atom stereocenters. The second-order valence-corrected chi connectivity index (χ2v) is 20.5. The number of rotatable bonds is 15. The van der Waals surface area contributed by atoms with E-state index in [4.69, 9.17) is 24.5 Å². The van der Waals surface area contributed by atoms with Crippen molar-refractivity contribution in [2.45, 2.75) is 67.9 Å². The molecule has 3 aliphatic rings. The summed E-state index contributed by atoms with van der Waals surface area (Å²) in [6.45, 7) is 5.23. The Balaban J connectivity index is 1.07. The van der Waals surface area contributed by atoms with Gasteiger partial charge in [-0.3, -0.25) is 19.3 Å². The van der Waals surface area contributed by atoms with Crippen LogP contribution in [0.2, 0.25) is 0 Å². The van der Waals surface area contributed by atoms with Crippen LogP contribution in [0.4, 0.5) is 5.13 Å². The zero-order valence-corrected chi connectivity index (χ0v) is 41.4. The number of esters is 2. The van der Waals surface area contributed by atoms with E-state index >= 15 is 4.79 Å². The Kier molecular flexibility index (Phi) is 13.4. The first kappa shape index (κ1) is 47.8. The van der Waals surface area contributed by atoms with Gasteiger partial charge < -0.3 is 24.9 Å². The molecule has 1 aromatic heterocycles. The summed E-state index contributed by atoms with van der Waals surface area (Å²) in [5.74, 6) is -2.09. The molecular formula is C58H51N5O7S2. The summed E-state index contributed by atoms with van der Waals surface area (Å²) in [6, 6.07) is 58.3. The van der Waals surface area contributed by atoms with Crippen molar-refractivity contribution in [2.24, 2.45) is 5.16 Å². The maximum Gasteiger partial charge on any atom is 0.355 e. The molecule has 2 saturated heterocycles. The summed E-state index contributed by atoms with van der Waals surface area (Å²) in [7, 11) is 0. The molecule has 2 N–H and O–H groups in total. The van der Waals surface area contributed by atoms with Crippen LogP contribution in [0.3, 0.4) is 0 Å². The van der Waals surface area contributed by atoms with Crippen LogP contribution < -0.4 is 10.6 Å². The number of hydrogen-bond donors (Lipinski definition) is 2. The minimum absolute atomic E-state index is 0.0356. The molecule has 4 heterocycles. The van der Waals surface area contributed by atoms with E-state index in [0.29, 0.717) is 17.1 Å². The van der Waals surface area contributed by atoms with Gasteiger partial charge in [-0.25, -0.2) is 9.78 Å². The van der Waals surface area contributed by atoms with Crippen LogP contribution >= 0.6 is 23.1 Å². The molecule has 12 nitrogen and oxygen atoms in total. The number of ether oxygens (including phenoxy) is 2. The van der Waals surface area contributed by atoms with Gasteiger partial charge in [-0.15, -0.1) is 23.1 Å². The molecule has 0 bridgehead atoms. The molecule has 2 amide bonds. The Hall–Kier alpha value is -7.81. The molecule has 10 rings (SSSR count). The molecule has 2 fully saturated rings. The number of nitrogens with one attached hydrogen (secondary N) is 2. The predicted octanol–water partition coefficient (Wildman–Crippen LogP) is 9.96. The van der Waals surface area contributed by atoms with Crippen molar-refractivity contribution in [3.8, 4) is 0 Å². The number of fused-ring (bicyclic) bond motifs is 1. The third-order valence-corrected chi connectivity index (χ3v) is 14.9. The van der Waals surface area contributed by atoms with Crippen molar-refractivity contribution in [3.05, 3.63) is 238 Å². The number of amides is 2. The number of cyclic esters (lactones) is 1. The zero-order valence-electron chi connectivity index (χ0n) is 39.8. The van der Waals surface area contributed by atoms with Crippen molar-refractivity contribution >= 4 is 57.7 Å². The summed E-state index contributed by atoms with van der Waals surface area (Å²) in [5, 5.41) is 13.1. The molecule has 14 heteroatoms. The van der Waals surface area contributed by atoms with Gasteiger partial charge >= 0.3 is 11.9 Å². The lowest BCUT2D eigenvalue weighted by molar-refractivity contribution is -0.159. The van der Waals surface area contributed by atoms with E-state index in [2.05, 4.69) is 47.0 Å². The quantitative estimate of drug-likeness (QED) is 0.0334. The third kappa shape index (κ3) is 9.19. The fraction of sp³-hybridized carbons (Fsp3) is 0.207. The third-order valence-electron chi connectivity index (χ3n) is 12.8. The number of carbonyl (C=O) groups is 4. The first-order valence-electron chi connectivity index (χ1n) is 23.7. The number of benzene rings is 6. The second kappa shape index (κ2) is 20.1. The summed E-state index contributed by atoms with van der Waals surface area (Å²) >= 11 is 2.66. The van der Waals surface area contributed by atoms with E-state index in [0.717, 1.165) is 33.4 Å². The molecule has 0 unspecified atom stereocenters. The van der Waals surface area contributed by atoms with Crippen LogP contribution in [0.15, 0.2) is 204 Å². The lowest BCUT2D eigenvalue weighted by Crippen LogP contribution is -2.71. The van der Waals surface area contributed by atoms with Crippen LogP contribution in [0.5, 0.6) is 0 Å². The largest absolute Gasteiger partial charge is 0.458 e. The highest BCUT2D eigenvalue weighted by atomic mass is 32.2. The van der Waals surface area contributed by atoms with Crippen LogP contribution in [-0.4, -0.2) is 68.2 Å². The van der Waals surface area contributed by atoms with Gasteiger partial charge in [0.25, 0.3) is 11.8 Å². The van der Waals surface area contributed by atoms with Crippen molar-refractivity contribution in [3.63, 3.8) is 0 Å². The van der Waals surface area contributed by atoms with E-state index in [1.54, 1.807) is 26.2 Å². The molecule has 362 valence electrons. The van der Waals surface area contributed by atoms with Gasteiger partial charge in [-0.05, 0) is 43.9 Å². The van der Waals surface area contributed by atoms with Crippen molar-refractivity contribution in [1.29, 1.82) is 0 Å². The highest BCUT2D eigenvalue weighted by Crippen LogP contribution is 2.45. The lowest BCUT2D eigenvalue weighted by Gasteiger charge is -2.50. The number of nitrogens with zero attached hydrogens (tertiary/aromatic N) is 3. The maximum absolute atomic E-state index is 15.2. The SMILES string of the molecule is CC(C)(C)OC(=O)C1=C([C@@H]2CCC(=O)O2)CS[C@@H]2[C@H](NC(=O)/C(=N/OC(c3ccccc3)(c3ccccc3)c3ccccc3)c3csc(NC(c4ccccc4)(c4ccccc4)c4ccccc4)n3)C(=O)N12. The molecule has 6 aromatic carbocycles. The topological polar surface area (TPSA) is 149 Å². The Morgan fingerprint density at radius 1 is 0.694 bits per heavy atom. The minimum Gasteiger partial charge on any atom is -0.458 e. The average molecular weight is 994 g/mol. The molecule has 0 spiro atoms. The standard InChI is InChI=1S/C58H51N5O7S2/c1-56(2,3)69-54(67)50-44(46-34-35-47(64)68-46)36-71-53-49(52(66)63(50)53)60-51(65)48(62-70-58(41-28-16-7-17-29-41,42-30-18-8-19-31-42)43-32-20-9-21-33-43)45-37-72-55(59-45)61-57(38-22-10-4-11-23-38,39-24-12-5-13-25-39)40-26-14-6-15-27-40/h4-33,37,46,49,53H,34-36H2,1-3H3,(H,59,61)(H,60,65)/b62-48+/t46-,49+,53+/m0/s1. The maximum atomic E-state index is 15.2. The fourth-order valence-corrected chi connectivity index (χ4v) is 11.7. The molecule has 7 aromatic rings. The predicted molar refractivity (Wildman–Crippen MR) is 279 cm³/mol. The van der Waals surface area contributed by atoms with E-state index in [-0.39, 0.29) is 35.2 Å². The summed E-state index contributed by atoms with van der Waals surface area (Å²) in [6.07, 6.45) is -0.111. The van der Waals surface area contributed by atoms with Gasteiger partial charge in [0, 0.05) is 39.8 Å². The number of carbonyl (C=O) groups excluding carboxylic acids is 4. The van der Waals surface area contributed by atoms with E-state index in [1.165, 1.54) is 28.0 Å². The number of hydrogen-bond acceptors (Lipinski definition) is 12. The van der Waals surface area contributed by atoms with Crippen molar-refractivity contribution in [1.82, 2.24) is 15.2 Å². The Labute approximate surface area is 426 Å². The number of aromatic nitrogens is 1. The smallest absolute Gasteiger partial charge is 0.355 e.